The summed E-state index contributed by atoms with van der Waals surface area (Å²) in [6.45, 7) is 7.26. The van der Waals surface area contributed by atoms with Crippen molar-refractivity contribution in [2.45, 2.75) is 39.4 Å². The molecular formula is C19H21N3O3. The maximum absolute atomic E-state index is 11.7. The Morgan fingerprint density at radius 2 is 1.92 bits per heavy atom. The van der Waals surface area contributed by atoms with Crippen LogP contribution in [0.15, 0.2) is 42.6 Å². The zero-order valence-electron chi connectivity index (χ0n) is 14.7. The first kappa shape index (κ1) is 17.1. The Morgan fingerprint density at radius 1 is 1.24 bits per heavy atom. The van der Waals surface area contributed by atoms with Gasteiger partial charge in [-0.2, -0.15) is 5.10 Å². The largest absolute Gasteiger partial charge is 0.479 e. The summed E-state index contributed by atoms with van der Waals surface area (Å²) in [5.74, 6) is -1.05. The molecule has 1 N–H and O–H groups in total. The van der Waals surface area contributed by atoms with Crippen LogP contribution in [0.25, 0.3) is 16.9 Å². The number of carboxylic acids is 1. The molecule has 1 atom stereocenters. The highest BCUT2D eigenvalue weighted by Gasteiger charge is 2.29. The topological polar surface area (TPSA) is 76.7 Å². The third kappa shape index (κ3) is 3.69. The van der Waals surface area contributed by atoms with Crippen LogP contribution in [-0.4, -0.2) is 31.3 Å². The molecule has 0 bridgehead atoms. The summed E-state index contributed by atoms with van der Waals surface area (Å²) in [4.78, 5) is 16.2. The highest BCUT2D eigenvalue weighted by atomic mass is 16.5. The number of aliphatic carboxylic acids is 1. The van der Waals surface area contributed by atoms with Crippen LogP contribution in [-0.2, 0) is 9.53 Å². The lowest BCUT2D eigenvalue weighted by Gasteiger charge is -2.25. The van der Waals surface area contributed by atoms with Crippen LogP contribution in [0.4, 0.5) is 0 Å². The van der Waals surface area contributed by atoms with Crippen LogP contribution in [0.3, 0.4) is 0 Å². The molecule has 3 aromatic rings. The SMILES string of the molecule is Cc1nc2cc(-c3ccccc3)nn2cc1C(OC(C)(C)C)C(=O)O. The van der Waals surface area contributed by atoms with Gasteiger partial charge in [-0.3, -0.25) is 0 Å². The number of carboxylic acid groups (broad SMARTS) is 1. The molecule has 0 fully saturated rings. The van der Waals surface area contributed by atoms with Gasteiger partial charge in [0.2, 0.25) is 0 Å². The van der Waals surface area contributed by atoms with E-state index in [2.05, 4.69) is 10.1 Å². The Bertz CT molecular complexity index is 911. The molecule has 2 aromatic heterocycles. The molecule has 1 aromatic carbocycles. The van der Waals surface area contributed by atoms with E-state index in [0.717, 1.165) is 11.3 Å². The molecule has 0 aliphatic rings. The van der Waals surface area contributed by atoms with Crippen LogP contribution in [0, 0.1) is 6.92 Å². The molecule has 25 heavy (non-hydrogen) atoms. The predicted octanol–water partition coefficient (Wildman–Crippen LogP) is 3.65. The summed E-state index contributed by atoms with van der Waals surface area (Å²) >= 11 is 0. The Kier molecular flexibility index (Phi) is 4.30. The third-order valence-electron chi connectivity index (χ3n) is 3.73. The summed E-state index contributed by atoms with van der Waals surface area (Å²) in [5, 5.41) is 14.1. The lowest BCUT2D eigenvalue weighted by atomic mass is 10.1. The highest BCUT2D eigenvalue weighted by molar-refractivity contribution is 5.75. The summed E-state index contributed by atoms with van der Waals surface area (Å²) in [7, 11) is 0. The first-order chi connectivity index (χ1) is 11.7. The molecule has 6 heteroatoms. The van der Waals surface area contributed by atoms with Crippen molar-refractivity contribution in [1.82, 2.24) is 14.6 Å². The van der Waals surface area contributed by atoms with Crippen molar-refractivity contribution in [2.75, 3.05) is 0 Å². The average molecular weight is 339 g/mol. The van der Waals surface area contributed by atoms with Gasteiger partial charge in [0, 0.05) is 29.1 Å². The molecule has 6 nitrogen and oxygen atoms in total. The van der Waals surface area contributed by atoms with Gasteiger partial charge in [0.25, 0.3) is 0 Å². The van der Waals surface area contributed by atoms with Gasteiger partial charge in [0.05, 0.1) is 11.3 Å². The molecular weight excluding hydrogens is 318 g/mol. The second-order valence-corrected chi connectivity index (χ2v) is 6.93. The van der Waals surface area contributed by atoms with Crippen LogP contribution in [0.5, 0.6) is 0 Å². The van der Waals surface area contributed by atoms with Crippen LogP contribution < -0.4 is 0 Å². The molecule has 0 saturated heterocycles. The number of hydrogen-bond acceptors (Lipinski definition) is 4. The predicted molar refractivity (Wildman–Crippen MR) is 94.4 cm³/mol. The van der Waals surface area contributed by atoms with Crippen LogP contribution >= 0.6 is 0 Å². The van der Waals surface area contributed by atoms with Crippen LogP contribution in [0.1, 0.15) is 38.1 Å². The van der Waals surface area contributed by atoms with Crippen molar-refractivity contribution in [3.8, 4) is 11.3 Å². The maximum Gasteiger partial charge on any atom is 0.337 e. The molecule has 0 amide bonds. The van der Waals surface area contributed by atoms with Crippen molar-refractivity contribution < 1.29 is 14.6 Å². The van der Waals surface area contributed by atoms with E-state index in [1.54, 1.807) is 17.6 Å². The van der Waals surface area contributed by atoms with Crippen LogP contribution in [0.2, 0.25) is 0 Å². The quantitative estimate of drug-likeness (QED) is 0.785. The van der Waals surface area contributed by atoms with Crippen molar-refractivity contribution in [3.05, 3.63) is 53.9 Å². The number of fused-ring (bicyclic) bond motifs is 1. The van der Waals surface area contributed by atoms with Gasteiger partial charge < -0.3 is 9.84 Å². The molecule has 3 rings (SSSR count). The Morgan fingerprint density at radius 3 is 2.52 bits per heavy atom. The zero-order valence-corrected chi connectivity index (χ0v) is 14.7. The molecule has 0 aliphatic heterocycles. The van der Waals surface area contributed by atoms with Gasteiger partial charge in [-0.05, 0) is 27.7 Å². The van der Waals surface area contributed by atoms with Gasteiger partial charge in [-0.15, -0.1) is 0 Å². The summed E-state index contributed by atoms with van der Waals surface area (Å²) < 4.78 is 7.33. The highest BCUT2D eigenvalue weighted by Crippen LogP contribution is 2.27. The molecule has 0 spiro atoms. The number of aryl methyl sites for hydroxylation is 1. The molecule has 2 heterocycles. The van der Waals surface area contributed by atoms with Gasteiger partial charge in [-0.1, -0.05) is 30.3 Å². The fourth-order valence-electron chi connectivity index (χ4n) is 2.63. The van der Waals surface area contributed by atoms with Crippen molar-refractivity contribution in [2.24, 2.45) is 0 Å². The minimum atomic E-state index is -1.10. The van der Waals surface area contributed by atoms with E-state index in [9.17, 15) is 9.90 Å². The third-order valence-corrected chi connectivity index (χ3v) is 3.73. The Balaban J connectivity index is 2.07. The summed E-state index contributed by atoms with van der Waals surface area (Å²) in [6, 6.07) is 11.7. The number of hydrogen-bond donors (Lipinski definition) is 1. The Hall–Kier alpha value is -2.73. The fraction of sp³-hybridized carbons (Fsp3) is 0.316. The summed E-state index contributed by atoms with van der Waals surface area (Å²) in [5.41, 5.74) is 2.95. The summed E-state index contributed by atoms with van der Waals surface area (Å²) in [6.07, 6.45) is 0.593. The molecule has 0 aliphatic carbocycles. The second-order valence-electron chi connectivity index (χ2n) is 6.93. The van der Waals surface area contributed by atoms with E-state index in [1.165, 1.54) is 0 Å². The normalized spacial score (nSPS) is 13.1. The average Bonchev–Trinajstić information content (AvgIpc) is 2.94. The van der Waals surface area contributed by atoms with Crippen molar-refractivity contribution >= 4 is 11.6 Å². The van der Waals surface area contributed by atoms with Crippen molar-refractivity contribution in [1.29, 1.82) is 0 Å². The Labute approximate surface area is 146 Å². The molecule has 1 unspecified atom stereocenters. The van der Waals surface area contributed by atoms with E-state index in [4.69, 9.17) is 4.74 Å². The van der Waals surface area contributed by atoms with E-state index >= 15 is 0 Å². The van der Waals surface area contributed by atoms with Gasteiger partial charge >= 0.3 is 5.97 Å². The zero-order chi connectivity index (χ0) is 18.2. The molecule has 0 saturated carbocycles. The lowest BCUT2D eigenvalue weighted by Crippen LogP contribution is -2.28. The second kappa shape index (κ2) is 6.29. The van der Waals surface area contributed by atoms with Crippen molar-refractivity contribution in [3.63, 3.8) is 0 Å². The smallest absolute Gasteiger partial charge is 0.337 e. The van der Waals surface area contributed by atoms with E-state index in [1.807, 2.05) is 57.2 Å². The molecule has 0 radical (unpaired) electrons. The standard InChI is InChI=1S/C19H21N3O3/c1-12-14(17(18(23)24)25-19(2,3)4)11-22-16(20-12)10-15(21-22)13-8-6-5-7-9-13/h5-11,17H,1-4H3,(H,23,24). The lowest BCUT2D eigenvalue weighted by molar-refractivity contribution is -0.160. The number of carbonyl (C=O) groups is 1. The number of rotatable bonds is 4. The first-order valence-electron chi connectivity index (χ1n) is 8.07. The number of nitrogens with zero attached hydrogens (tertiary/aromatic N) is 3. The number of benzene rings is 1. The van der Waals surface area contributed by atoms with E-state index < -0.39 is 17.7 Å². The molecule has 130 valence electrons. The van der Waals surface area contributed by atoms with Gasteiger partial charge in [-0.25, -0.2) is 14.3 Å². The minimum Gasteiger partial charge on any atom is -0.479 e. The van der Waals surface area contributed by atoms with Gasteiger partial charge in [0.1, 0.15) is 0 Å². The fourth-order valence-corrected chi connectivity index (χ4v) is 2.63. The van der Waals surface area contributed by atoms with E-state index in [0.29, 0.717) is 16.9 Å². The first-order valence-corrected chi connectivity index (χ1v) is 8.07. The number of aromatic nitrogens is 3. The number of ether oxygens (including phenoxy) is 1. The maximum atomic E-state index is 11.7. The van der Waals surface area contributed by atoms with E-state index in [-0.39, 0.29) is 0 Å². The monoisotopic (exact) mass is 339 g/mol. The van der Waals surface area contributed by atoms with Gasteiger partial charge in [0.15, 0.2) is 11.8 Å². The minimum absolute atomic E-state index is 0.498.